The lowest BCUT2D eigenvalue weighted by molar-refractivity contribution is 0.453. The van der Waals surface area contributed by atoms with Crippen LogP contribution in [-0.4, -0.2) is 0 Å². The minimum absolute atomic E-state index is 0.164. The Kier molecular flexibility index (Phi) is 2.55. The molecule has 0 radical (unpaired) electrons. The van der Waals surface area contributed by atoms with Crippen molar-refractivity contribution in [2.24, 2.45) is 0 Å². The summed E-state index contributed by atoms with van der Waals surface area (Å²) in [6, 6.07) is 8.12. The predicted octanol–water partition coefficient (Wildman–Crippen LogP) is 4.66. The average Bonchev–Trinajstić information content (AvgIpc) is 2.80. The highest BCUT2D eigenvalue weighted by atomic mass is 19.2. The summed E-state index contributed by atoms with van der Waals surface area (Å²) in [5.41, 5.74) is -0.463. The van der Waals surface area contributed by atoms with Crippen LogP contribution in [0.15, 0.2) is 40.8 Å². The molecule has 19 heavy (non-hydrogen) atoms. The molecule has 0 aliphatic carbocycles. The van der Waals surface area contributed by atoms with Gasteiger partial charge in [-0.25, -0.2) is 17.6 Å². The van der Waals surface area contributed by atoms with Crippen LogP contribution in [0.3, 0.4) is 0 Å². The summed E-state index contributed by atoms with van der Waals surface area (Å²) in [6.07, 6.45) is 0. The third kappa shape index (κ3) is 1.78. The van der Waals surface area contributed by atoms with E-state index in [4.69, 9.17) is 4.42 Å². The lowest BCUT2D eigenvalue weighted by atomic mass is 10.1. The van der Waals surface area contributed by atoms with Crippen molar-refractivity contribution in [3.63, 3.8) is 0 Å². The smallest absolute Gasteiger partial charge is 0.172 e. The van der Waals surface area contributed by atoms with Crippen LogP contribution >= 0.6 is 0 Å². The van der Waals surface area contributed by atoms with Crippen LogP contribution in [0.2, 0.25) is 0 Å². The topological polar surface area (TPSA) is 13.1 Å². The summed E-state index contributed by atoms with van der Waals surface area (Å²) in [6.45, 7) is 0. The van der Waals surface area contributed by atoms with E-state index in [0.717, 1.165) is 0 Å². The van der Waals surface area contributed by atoms with Gasteiger partial charge in [0.05, 0.1) is 5.56 Å². The number of halogens is 4. The highest BCUT2D eigenvalue weighted by Gasteiger charge is 2.23. The van der Waals surface area contributed by atoms with Gasteiger partial charge in [-0.15, -0.1) is 0 Å². The minimum atomic E-state index is -1.47. The van der Waals surface area contributed by atoms with Crippen molar-refractivity contribution in [3.05, 3.63) is 59.7 Å². The molecular weight excluding hydrogens is 260 g/mol. The summed E-state index contributed by atoms with van der Waals surface area (Å²) in [5.74, 6) is -6.13. The third-order valence-corrected chi connectivity index (χ3v) is 2.78. The van der Waals surface area contributed by atoms with Gasteiger partial charge in [0.15, 0.2) is 23.3 Å². The van der Waals surface area contributed by atoms with Crippen LogP contribution in [0.1, 0.15) is 0 Å². The Morgan fingerprint density at radius 1 is 0.789 bits per heavy atom. The van der Waals surface area contributed by atoms with Crippen molar-refractivity contribution in [2.45, 2.75) is 0 Å². The van der Waals surface area contributed by atoms with E-state index >= 15 is 0 Å². The number of hydrogen-bond donors (Lipinski definition) is 0. The molecule has 0 bridgehead atoms. The quantitative estimate of drug-likeness (QED) is 0.461. The summed E-state index contributed by atoms with van der Waals surface area (Å²) in [4.78, 5) is 0. The fourth-order valence-corrected chi connectivity index (χ4v) is 1.89. The zero-order chi connectivity index (χ0) is 13.6. The van der Waals surface area contributed by atoms with Crippen LogP contribution in [0.4, 0.5) is 17.6 Å². The summed E-state index contributed by atoms with van der Waals surface area (Å²) in [7, 11) is 0. The molecule has 0 aliphatic heterocycles. The van der Waals surface area contributed by atoms with E-state index in [-0.39, 0.29) is 11.8 Å². The second-order valence-electron chi connectivity index (χ2n) is 3.99. The van der Waals surface area contributed by atoms with Crippen molar-refractivity contribution >= 4 is 11.0 Å². The molecule has 0 aliphatic rings. The molecule has 2 aromatic carbocycles. The van der Waals surface area contributed by atoms with Gasteiger partial charge < -0.3 is 4.42 Å². The van der Waals surface area contributed by atoms with Gasteiger partial charge in [0.25, 0.3) is 0 Å². The summed E-state index contributed by atoms with van der Waals surface area (Å²) >= 11 is 0. The predicted molar refractivity (Wildman–Crippen MR) is 61.5 cm³/mol. The molecule has 1 heterocycles. The molecule has 0 saturated carbocycles. The van der Waals surface area contributed by atoms with Crippen LogP contribution < -0.4 is 0 Å². The number of para-hydroxylation sites is 1. The van der Waals surface area contributed by atoms with E-state index in [9.17, 15) is 17.6 Å². The molecule has 0 saturated heterocycles. The third-order valence-electron chi connectivity index (χ3n) is 2.78. The first kappa shape index (κ1) is 11.8. The van der Waals surface area contributed by atoms with E-state index < -0.39 is 28.8 Å². The zero-order valence-electron chi connectivity index (χ0n) is 9.38. The summed E-state index contributed by atoms with van der Waals surface area (Å²) < 4.78 is 58.7. The largest absolute Gasteiger partial charge is 0.456 e. The molecule has 96 valence electrons. The second-order valence-corrected chi connectivity index (χ2v) is 3.99. The van der Waals surface area contributed by atoms with Crippen LogP contribution in [0, 0.1) is 23.3 Å². The molecular formula is C14H6F4O. The zero-order valence-corrected chi connectivity index (χ0v) is 9.38. The van der Waals surface area contributed by atoms with Gasteiger partial charge in [-0.2, -0.15) is 0 Å². The van der Waals surface area contributed by atoms with Gasteiger partial charge in [-0.3, -0.25) is 0 Å². The second kappa shape index (κ2) is 4.12. The lowest BCUT2D eigenvalue weighted by Gasteiger charge is -2.03. The van der Waals surface area contributed by atoms with Gasteiger partial charge in [0.2, 0.25) is 0 Å². The van der Waals surface area contributed by atoms with Crippen LogP contribution in [0.25, 0.3) is 22.3 Å². The first-order chi connectivity index (χ1) is 9.08. The fourth-order valence-electron chi connectivity index (χ4n) is 1.89. The van der Waals surface area contributed by atoms with E-state index in [0.29, 0.717) is 11.0 Å². The van der Waals surface area contributed by atoms with Crippen LogP contribution in [0.5, 0.6) is 0 Å². The minimum Gasteiger partial charge on any atom is -0.456 e. The monoisotopic (exact) mass is 266 g/mol. The lowest BCUT2D eigenvalue weighted by Crippen LogP contribution is -1.97. The van der Waals surface area contributed by atoms with Gasteiger partial charge in [-0.1, -0.05) is 18.2 Å². The van der Waals surface area contributed by atoms with Crippen molar-refractivity contribution in [3.8, 4) is 11.3 Å². The van der Waals surface area contributed by atoms with E-state index in [2.05, 4.69) is 0 Å². The van der Waals surface area contributed by atoms with Crippen molar-refractivity contribution in [1.82, 2.24) is 0 Å². The fraction of sp³-hybridized carbons (Fsp3) is 0. The molecule has 3 rings (SSSR count). The Bertz CT molecular complexity index is 717. The Hall–Kier alpha value is -2.30. The van der Waals surface area contributed by atoms with Gasteiger partial charge in [-0.05, 0) is 12.1 Å². The van der Waals surface area contributed by atoms with E-state index in [1.54, 1.807) is 24.3 Å². The molecule has 0 spiro atoms. The van der Waals surface area contributed by atoms with Gasteiger partial charge in [0, 0.05) is 11.5 Å². The average molecular weight is 266 g/mol. The number of benzene rings is 2. The number of hydrogen-bond acceptors (Lipinski definition) is 1. The Morgan fingerprint density at radius 3 is 2.05 bits per heavy atom. The molecule has 0 N–H and O–H groups in total. The highest BCUT2D eigenvalue weighted by molar-refractivity contribution is 5.82. The van der Waals surface area contributed by atoms with E-state index in [1.165, 1.54) is 6.07 Å². The van der Waals surface area contributed by atoms with Crippen molar-refractivity contribution in [1.29, 1.82) is 0 Å². The van der Waals surface area contributed by atoms with Crippen molar-refractivity contribution in [2.75, 3.05) is 0 Å². The maximum Gasteiger partial charge on any atom is 0.172 e. The highest BCUT2D eigenvalue weighted by Crippen LogP contribution is 2.33. The molecule has 3 aromatic rings. The number of furan rings is 1. The normalized spacial score (nSPS) is 11.2. The first-order valence-corrected chi connectivity index (χ1v) is 5.40. The maximum atomic E-state index is 13.6. The van der Waals surface area contributed by atoms with Crippen molar-refractivity contribution < 1.29 is 22.0 Å². The summed E-state index contributed by atoms with van der Waals surface area (Å²) in [5, 5.41) is 0.584. The molecule has 0 amide bonds. The van der Waals surface area contributed by atoms with Gasteiger partial charge in [0.1, 0.15) is 11.3 Å². The van der Waals surface area contributed by atoms with E-state index in [1.807, 2.05) is 0 Å². The molecule has 0 atom stereocenters. The standard InChI is InChI=1S/C14H6F4O/c15-8-6-9(16)14(18)12(13(8)17)11-5-7-3-1-2-4-10(7)19-11/h1-6H. The number of rotatable bonds is 1. The Morgan fingerprint density at radius 2 is 1.42 bits per heavy atom. The molecule has 0 unspecified atom stereocenters. The molecule has 1 aromatic heterocycles. The Balaban J connectivity index is 2.32. The molecule has 1 nitrogen and oxygen atoms in total. The molecule has 5 heteroatoms. The maximum absolute atomic E-state index is 13.6. The number of fused-ring (bicyclic) bond motifs is 1. The van der Waals surface area contributed by atoms with Gasteiger partial charge >= 0.3 is 0 Å². The van der Waals surface area contributed by atoms with Crippen LogP contribution in [-0.2, 0) is 0 Å². The molecule has 0 fully saturated rings. The first-order valence-electron chi connectivity index (χ1n) is 5.40. The Labute approximate surface area is 105 Å². The SMILES string of the molecule is Fc1cc(F)c(F)c(-c2cc3ccccc3o2)c1F.